The standard InChI is InChI=1S/C16H22N2O5/c1-22-9-4-10-23-14-6-3-2-5-13(14)17-16(21)18-8-7-12(11-18)15(19)20/h2-3,5-6,12H,4,7-11H2,1H3,(H,17,21)(H,19,20). The second-order valence-electron chi connectivity index (χ2n) is 5.39. The third kappa shape index (κ3) is 4.85. The molecule has 1 fully saturated rings. The topological polar surface area (TPSA) is 88.1 Å². The zero-order valence-corrected chi connectivity index (χ0v) is 13.2. The number of anilines is 1. The van der Waals surface area contributed by atoms with Crippen LogP contribution in [0.15, 0.2) is 24.3 Å². The fourth-order valence-corrected chi connectivity index (χ4v) is 2.42. The van der Waals surface area contributed by atoms with Crippen LogP contribution < -0.4 is 10.1 Å². The number of urea groups is 1. The number of carboxylic acids is 1. The lowest BCUT2D eigenvalue weighted by molar-refractivity contribution is -0.141. The number of carbonyl (C=O) groups excluding carboxylic acids is 1. The zero-order valence-electron chi connectivity index (χ0n) is 13.2. The molecular formula is C16H22N2O5. The molecule has 1 aromatic carbocycles. The van der Waals surface area contributed by atoms with E-state index in [4.69, 9.17) is 14.6 Å². The Morgan fingerprint density at radius 1 is 1.35 bits per heavy atom. The third-order valence-electron chi connectivity index (χ3n) is 3.70. The van der Waals surface area contributed by atoms with Gasteiger partial charge in [0.05, 0.1) is 18.2 Å². The van der Waals surface area contributed by atoms with Crippen LogP contribution in [0.3, 0.4) is 0 Å². The average molecular weight is 322 g/mol. The molecule has 0 saturated carbocycles. The molecule has 1 atom stereocenters. The number of rotatable bonds is 7. The van der Waals surface area contributed by atoms with Crippen molar-refractivity contribution in [3.63, 3.8) is 0 Å². The van der Waals surface area contributed by atoms with Gasteiger partial charge < -0.3 is 24.8 Å². The van der Waals surface area contributed by atoms with Gasteiger partial charge in [-0.1, -0.05) is 12.1 Å². The van der Waals surface area contributed by atoms with Crippen LogP contribution in [0.25, 0.3) is 0 Å². The first-order valence-electron chi connectivity index (χ1n) is 7.61. The first-order chi connectivity index (χ1) is 11.1. The van der Waals surface area contributed by atoms with Crippen LogP contribution >= 0.6 is 0 Å². The third-order valence-corrected chi connectivity index (χ3v) is 3.70. The van der Waals surface area contributed by atoms with Crippen molar-refractivity contribution in [2.24, 2.45) is 5.92 Å². The van der Waals surface area contributed by atoms with Crippen molar-refractivity contribution >= 4 is 17.7 Å². The number of aliphatic carboxylic acids is 1. The molecule has 7 heteroatoms. The largest absolute Gasteiger partial charge is 0.491 e. The number of ether oxygens (including phenoxy) is 2. The summed E-state index contributed by atoms with van der Waals surface area (Å²) >= 11 is 0. The summed E-state index contributed by atoms with van der Waals surface area (Å²) in [6, 6.07) is 6.88. The fraction of sp³-hybridized carbons (Fsp3) is 0.500. The second kappa shape index (κ2) is 8.38. The van der Waals surface area contributed by atoms with Gasteiger partial charge in [-0.15, -0.1) is 0 Å². The van der Waals surface area contributed by atoms with Crippen molar-refractivity contribution in [3.05, 3.63) is 24.3 Å². The predicted octanol–water partition coefficient (Wildman–Crippen LogP) is 2.04. The summed E-state index contributed by atoms with van der Waals surface area (Å²) in [6.07, 6.45) is 1.24. The van der Waals surface area contributed by atoms with Gasteiger partial charge in [-0.25, -0.2) is 4.79 Å². The van der Waals surface area contributed by atoms with Gasteiger partial charge in [-0.05, 0) is 18.6 Å². The van der Waals surface area contributed by atoms with E-state index in [-0.39, 0.29) is 12.6 Å². The van der Waals surface area contributed by atoms with Crippen LogP contribution in [0.1, 0.15) is 12.8 Å². The molecule has 0 spiro atoms. The highest BCUT2D eigenvalue weighted by Gasteiger charge is 2.31. The van der Waals surface area contributed by atoms with Gasteiger partial charge in [0.25, 0.3) is 0 Å². The molecule has 1 unspecified atom stereocenters. The fourth-order valence-electron chi connectivity index (χ4n) is 2.42. The summed E-state index contributed by atoms with van der Waals surface area (Å²) in [5.74, 6) is -0.755. The molecule has 2 amide bonds. The molecule has 2 rings (SSSR count). The molecule has 0 aliphatic carbocycles. The molecule has 1 saturated heterocycles. The van der Waals surface area contributed by atoms with Crippen molar-refractivity contribution < 1.29 is 24.2 Å². The van der Waals surface area contributed by atoms with E-state index < -0.39 is 11.9 Å². The maximum atomic E-state index is 12.3. The van der Waals surface area contributed by atoms with Gasteiger partial charge in [-0.2, -0.15) is 0 Å². The first-order valence-corrected chi connectivity index (χ1v) is 7.61. The Morgan fingerprint density at radius 2 is 2.13 bits per heavy atom. The highest BCUT2D eigenvalue weighted by atomic mass is 16.5. The molecular weight excluding hydrogens is 300 g/mol. The molecule has 0 aromatic heterocycles. The number of likely N-dealkylation sites (tertiary alicyclic amines) is 1. The lowest BCUT2D eigenvalue weighted by atomic mass is 10.1. The molecule has 1 aliphatic heterocycles. The Labute approximate surface area is 135 Å². The van der Waals surface area contributed by atoms with Crippen LogP contribution in [0, 0.1) is 5.92 Å². The van der Waals surface area contributed by atoms with Gasteiger partial charge in [0.2, 0.25) is 0 Å². The molecule has 1 aromatic rings. The number of amides is 2. The number of hydrogen-bond acceptors (Lipinski definition) is 4. The molecule has 0 bridgehead atoms. The lowest BCUT2D eigenvalue weighted by Crippen LogP contribution is -2.33. The van der Waals surface area contributed by atoms with Crippen LogP contribution in [0.5, 0.6) is 5.75 Å². The summed E-state index contributed by atoms with van der Waals surface area (Å²) in [5, 5.41) is 11.8. The van der Waals surface area contributed by atoms with Crippen molar-refractivity contribution in [2.75, 3.05) is 38.7 Å². The highest BCUT2D eigenvalue weighted by Crippen LogP contribution is 2.25. The second-order valence-corrected chi connectivity index (χ2v) is 5.39. The number of nitrogens with zero attached hydrogens (tertiary/aromatic N) is 1. The monoisotopic (exact) mass is 322 g/mol. The van der Waals surface area contributed by atoms with Gasteiger partial charge in [0, 0.05) is 33.2 Å². The van der Waals surface area contributed by atoms with Crippen LogP contribution in [-0.4, -0.2) is 55.4 Å². The molecule has 0 radical (unpaired) electrons. The number of para-hydroxylation sites is 2. The predicted molar refractivity (Wildman–Crippen MR) is 84.8 cm³/mol. The smallest absolute Gasteiger partial charge is 0.321 e. The van der Waals surface area contributed by atoms with Crippen molar-refractivity contribution in [1.82, 2.24) is 4.90 Å². The van der Waals surface area contributed by atoms with E-state index in [1.807, 2.05) is 12.1 Å². The summed E-state index contributed by atoms with van der Waals surface area (Å²) in [4.78, 5) is 24.7. The summed E-state index contributed by atoms with van der Waals surface area (Å²) in [5.41, 5.74) is 0.577. The van der Waals surface area contributed by atoms with E-state index in [9.17, 15) is 9.59 Å². The molecule has 1 heterocycles. The number of hydrogen-bond donors (Lipinski definition) is 2. The number of carbonyl (C=O) groups is 2. The Hall–Kier alpha value is -2.28. The summed E-state index contributed by atoms with van der Waals surface area (Å²) in [6.45, 7) is 1.78. The molecule has 126 valence electrons. The van der Waals surface area contributed by atoms with E-state index in [0.717, 1.165) is 6.42 Å². The molecule has 7 nitrogen and oxygen atoms in total. The van der Waals surface area contributed by atoms with Crippen molar-refractivity contribution in [3.8, 4) is 5.75 Å². The van der Waals surface area contributed by atoms with Crippen LogP contribution in [0.4, 0.5) is 10.5 Å². The lowest BCUT2D eigenvalue weighted by Gasteiger charge is -2.18. The quantitative estimate of drug-likeness (QED) is 0.750. The van der Waals surface area contributed by atoms with E-state index in [2.05, 4.69) is 5.32 Å². The molecule has 1 aliphatic rings. The minimum atomic E-state index is -0.859. The number of benzene rings is 1. The first kappa shape index (κ1) is 17.1. The SMILES string of the molecule is COCCCOc1ccccc1NC(=O)N1CCC(C(=O)O)C1. The zero-order chi connectivity index (χ0) is 16.7. The van der Waals surface area contributed by atoms with E-state index >= 15 is 0 Å². The maximum Gasteiger partial charge on any atom is 0.321 e. The number of methoxy groups -OCH3 is 1. The van der Waals surface area contributed by atoms with E-state index in [1.54, 1.807) is 19.2 Å². The minimum Gasteiger partial charge on any atom is -0.491 e. The summed E-state index contributed by atoms with van der Waals surface area (Å²) in [7, 11) is 1.63. The van der Waals surface area contributed by atoms with Crippen molar-refractivity contribution in [2.45, 2.75) is 12.8 Å². The van der Waals surface area contributed by atoms with Gasteiger partial charge >= 0.3 is 12.0 Å². The van der Waals surface area contributed by atoms with Gasteiger partial charge in [0.1, 0.15) is 5.75 Å². The van der Waals surface area contributed by atoms with Crippen molar-refractivity contribution in [1.29, 1.82) is 0 Å². The Bertz CT molecular complexity index is 549. The minimum absolute atomic E-state index is 0.234. The number of nitrogens with one attached hydrogen (secondary N) is 1. The van der Waals surface area contributed by atoms with Gasteiger partial charge in [-0.3, -0.25) is 4.79 Å². The highest BCUT2D eigenvalue weighted by molar-refractivity contribution is 5.91. The van der Waals surface area contributed by atoms with E-state index in [1.165, 1.54) is 4.90 Å². The molecule has 23 heavy (non-hydrogen) atoms. The van der Waals surface area contributed by atoms with Gasteiger partial charge in [0.15, 0.2) is 0 Å². The maximum absolute atomic E-state index is 12.3. The Balaban J connectivity index is 1.92. The Morgan fingerprint density at radius 3 is 2.83 bits per heavy atom. The average Bonchev–Trinajstić information content (AvgIpc) is 3.03. The number of carboxylic acid groups (broad SMARTS) is 1. The van der Waals surface area contributed by atoms with E-state index in [0.29, 0.717) is 37.6 Å². The van der Waals surface area contributed by atoms with Crippen LogP contribution in [-0.2, 0) is 9.53 Å². The normalized spacial score (nSPS) is 17.1. The summed E-state index contributed by atoms with van der Waals surface area (Å²) < 4.78 is 10.6. The Kier molecular flexibility index (Phi) is 6.22. The molecule has 2 N–H and O–H groups in total. The van der Waals surface area contributed by atoms with Crippen LogP contribution in [0.2, 0.25) is 0 Å².